The smallest absolute Gasteiger partial charge is 0.241 e. The summed E-state index contributed by atoms with van der Waals surface area (Å²) in [5, 5.41) is 7.20. The minimum atomic E-state index is -0.253. The van der Waals surface area contributed by atoms with E-state index in [0.717, 1.165) is 25.9 Å². The van der Waals surface area contributed by atoms with Gasteiger partial charge in [-0.25, -0.2) is 4.98 Å². The van der Waals surface area contributed by atoms with Crippen LogP contribution in [0.15, 0.2) is 41.2 Å². The van der Waals surface area contributed by atoms with Crippen molar-refractivity contribution in [3.05, 3.63) is 52.5 Å². The maximum atomic E-state index is 11.7. The molecule has 0 bridgehead atoms. The molecular weight excluding hydrogens is 472 g/mol. The van der Waals surface area contributed by atoms with Gasteiger partial charge in [0.15, 0.2) is 0 Å². The van der Waals surface area contributed by atoms with Gasteiger partial charge in [0, 0.05) is 24.0 Å². The Morgan fingerprint density at radius 3 is 1.97 bits per heavy atom. The molecule has 2 N–H and O–H groups in total. The molecule has 2 aromatic rings. The number of amides is 2. The topological polar surface area (TPSA) is 91.4 Å². The first-order valence-corrected chi connectivity index (χ1v) is 14.2. The Kier molecular flexibility index (Phi) is 17.1. The Morgan fingerprint density at radius 2 is 1.50 bits per heavy atom. The van der Waals surface area contributed by atoms with Gasteiger partial charge in [-0.1, -0.05) is 82.7 Å². The Hall–Kier alpha value is -2.58. The number of nitrogens with zero attached hydrogens (tertiary/aromatic N) is 2. The maximum absolute atomic E-state index is 11.7. The van der Waals surface area contributed by atoms with Gasteiger partial charge in [0.05, 0.1) is 18.1 Å². The molecule has 1 aliphatic carbocycles. The number of hydrogen-bond acceptors (Lipinski definition) is 6. The zero-order valence-electron chi connectivity index (χ0n) is 22.4. The van der Waals surface area contributed by atoms with Crippen LogP contribution in [0.25, 0.3) is 0 Å². The Bertz CT molecular complexity index is 837. The highest BCUT2D eigenvalue weighted by molar-refractivity contribution is 7.07. The largest absolute Gasteiger partial charge is 0.346 e. The third-order valence-electron chi connectivity index (χ3n) is 5.90. The third-order valence-corrected chi connectivity index (χ3v) is 6.49. The van der Waals surface area contributed by atoms with Crippen LogP contribution in [0, 0.1) is 0 Å². The average Bonchev–Trinajstić information content (AvgIpc) is 3.69. The summed E-state index contributed by atoms with van der Waals surface area (Å²) in [5.41, 5.74) is 2.88. The second kappa shape index (κ2) is 19.6. The summed E-state index contributed by atoms with van der Waals surface area (Å²) in [4.78, 5) is 40.3. The minimum Gasteiger partial charge on any atom is -0.346 e. The standard InChI is InChI=1S/C10H19N3O2.C10H7NOS.C6H12.C2H6/c1-8(11-2)10(15)12-7-9(14)13-5-3-4-6-13;12-10(9-6-13-7-11-9)8-4-2-1-3-5-8;1-2-4-6-5-3-1;1-2/h8,11H,3-7H2,1-2H3,(H,12,15);1-7H;1-6H2;1-2H3. The van der Waals surface area contributed by atoms with Crippen molar-refractivity contribution in [2.75, 3.05) is 26.7 Å². The molecule has 1 aromatic heterocycles. The number of rotatable bonds is 6. The van der Waals surface area contributed by atoms with Crippen molar-refractivity contribution in [1.82, 2.24) is 20.5 Å². The summed E-state index contributed by atoms with van der Waals surface area (Å²) in [6.07, 6.45) is 11.2. The first-order chi connectivity index (χ1) is 17.5. The van der Waals surface area contributed by atoms with Crippen LogP contribution >= 0.6 is 11.3 Å². The molecule has 7 nitrogen and oxygen atoms in total. The van der Waals surface area contributed by atoms with E-state index in [1.165, 1.54) is 49.9 Å². The molecular formula is C28H44N4O3S. The van der Waals surface area contributed by atoms with Crippen molar-refractivity contribution in [2.45, 2.75) is 78.2 Å². The van der Waals surface area contributed by atoms with Crippen molar-refractivity contribution >= 4 is 28.9 Å². The van der Waals surface area contributed by atoms with Crippen LogP contribution in [-0.4, -0.2) is 60.2 Å². The van der Waals surface area contributed by atoms with Crippen LogP contribution in [0.5, 0.6) is 0 Å². The van der Waals surface area contributed by atoms with Gasteiger partial charge in [-0.2, -0.15) is 0 Å². The van der Waals surface area contributed by atoms with Gasteiger partial charge in [0.25, 0.3) is 0 Å². The van der Waals surface area contributed by atoms with E-state index >= 15 is 0 Å². The predicted octanol–water partition coefficient (Wildman–Crippen LogP) is 5.07. The average molecular weight is 517 g/mol. The van der Waals surface area contributed by atoms with E-state index in [2.05, 4.69) is 15.6 Å². The quantitative estimate of drug-likeness (QED) is 0.523. The summed E-state index contributed by atoms with van der Waals surface area (Å²) in [5.74, 6) is -0.129. The molecule has 36 heavy (non-hydrogen) atoms. The molecule has 2 aliphatic rings. The van der Waals surface area contributed by atoms with Gasteiger partial charge in [0.1, 0.15) is 5.69 Å². The molecule has 1 saturated heterocycles. The number of benzene rings is 1. The molecule has 4 rings (SSSR count). The fourth-order valence-electron chi connectivity index (χ4n) is 3.65. The number of aromatic nitrogens is 1. The number of likely N-dealkylation sites (N-methyl/N-ethyl adjacent to an activating group) is 1. The molecule has 200 valence electrons. The van der Waals surface area contributed by atoms with E-state index in [-0.39, 0.29) is 30.2 Å². The summed E-state index contributed by atoms with van der Waals surface area (Å²) >= 11 is 1.43. The first kappa shape index (κ1) is 31.4. The van der Waals surface area contributed by atoms with Gasteiger partial charge in [-0.3, -0.25) is 14.4 Å². The molecule has 2 heterocycles. The SMILES string of the molecule is C1CCCCC1.CC.CNC(C)C(=O)NCC(=O)N1CCCC1.O=C(c1ccccc1)c1cscn1. The van der Waals surface area contributed by atoms with Gasteiger partial charge >= 0.3 is 0 Å². The van der Waals surface area contributed by atoms with Crippen molar-refractivity contribution in [2.24, 2.45) is 0 Å². The van der Waals surface area contributed by atoms with E-state index in [0.29, 0.717) is 11.3 Å². The van der Waals surface area contributed by atoms with Crippen molar-refractivity contribution < 1.29 is 14.4 Å². The fourth-order valence-corrected chi connectivity index (χ4v) is 4.18. The summed E-state index contributed by atoms with van der Waals surface area (Å²) in [6.45, 7) is 7.53. The second-order valence-corrected chi connectivity index (χ2v) is 9.22. The summed E-state index contributed by atoms with van der Waals surface area (Å²) in [6, 6.07) is 8.91. The Morgan fingerprint density at radius 1 is 0.944 bits per heavy atom. The zero-order chi connectivity index (χ0) is 26.6. The van der Waals surface area contributed by atoms with Crippen LogP contribution < -0.4 is 10.6 Å². The van der Waals surface area contributed by atoms with Gasteiger partial charge in [-0.15, -0.1) is 11.3 Å². The van der Waals surface area contributed by atoms with Crippen LogP contribution in [0.2, 0.25) is 0 Å². The number of nitrogens with one attached hydrogen (secondary N) is 2. The van der Waals surface area contributed by atoms with E-state index in [1.54, 1.807) is 41.9 Å². The number of likely N-dealkylation sites (tertiary alicyclic amines) is 1. The van der Waals surface area contributed by atoms with Crippen LogP contribution in [0.4, 0.5) is 0 Å². The van der Waals surface area contributed by atoms with Gasteiger partial charge < -0.3 is 15.5 Å². The molecule has 1 saturated carbocycles. The number of thiazole rings is 1. The first-order valence-electron chi connectivity index (χ1n) is 13.2. The monoisotopic (exact) mass is 516 g/mol. The van der Waals surface area contributed by atoms with Crippen molar-refractivity contribution in [3.8, 4) is 0 Å². The molecule has 1 unspecified atom stereocenters. The lowest BCUT2D eigenvalue weighted by Crippen LogP contribution is -2.45. The fraction of sp³-hybridized carbons (Fsp3) is 0.571. The van der Waals surface area contributed by atoms with Crippen LogP contribution in [0.1, 0.15) is 88.2 Å². The molecule has 1 aromatic carbocycles. The van der Waals surface area contributed by atoms with E-state index < -0.39 is 0 Å². The number of hydrogen-bond donors (Lipinski definition) is 2. The number of ketones is 1. The summed E-state index contributed by atoms with van der Waals surface area (Å²) < 4.78 is 0. The zero-order valence-corrected chi connectivity index (χ0v) is 23.2. The lowest BCUT2D eigenvalue weighted by Gasteiger charge is -2.16. The number of carbonyl (C=O) groups excluding carboxylic acids is 3. The summed E-state index contributed by atoms with van der Waals surface area (Å²) in [7, 11) is 1.71. The maximum Gasteiger partial charge on any atom is 0.241 e. The van der Waals surface area contributed by atoms with Crippen LogP contribution in [-0.2, 0) is 9.59 Å². The lowest BCUT2D eigenvalue weighted by atomic mass is 10.0. The Balaban J connectivity index is 0.000000279. The molecule has 0 spiro atoms. The molecule has 2 amide bonds. The molecule has 1 atom stereocenters. The van der Waals surface area contributed by atoms with Gasteiger partial charge in [0.2, 0.25) is 17.6 Å². The van der Waals surface area contributed by atoms with E-state index in [9.17, 15) is 14.4 Å². The van der Waals surface area contributed by atoms with Crippen LogP contribution in [0.3, 0.4) is 0 Å². The molecule has 8 heteroatoms. The molecule has 0 radical (unpaired) electrons. The highest BCUT2D eigenvalue weighted by Crippen LogP contribution is 2.15. The highest BCUT2D eigenvalue weighted by Gasteiger charge is 2.19. The van der Waals surface area contributed by atoms with Crippen molar-refractivity contribution in [1.29, 1.82) is 0 Å². The Labute approximate surface area is 221 Å². The highest BCUT2D eigenvalue weighted by atomic mass is 32.1. The normalized spacial score (nSPS) is 15.1. The van der Waals surface area contributed by atoms with E-state index in [4.69, 9.17) is 0 Å². The van der Waals surface area contributed by atoms with Gasteiger partial charge in [-0.05, 0) is 26.8 Å². The molecule has 2 fully saturated rings. The molecule has 1 aliphatic heterocycles. The minimum absolute atomic E-state index is 0.0122. The second-order valence-electron chi connectivity index (χ2n) is 8.51. The third kappa shape index (κ3) is 12.4. The lowest BCUT2D eigenvalue weighted by molar-refractivity contribution is -0.132. The number of carbonyl (C=O) groups is 3. The predicted molar refractivity (Wildman–Crippen MR) is 148 cm³/mol. The van der Waals surface area contributed by atoms with Crippen molar-refractivity contribution in [3.63, 3.8) is 0 Å². The van der Waals surface area contributed by atoms with E-state index in [1.807, 2.05) is 32.0 Å².